The van der Waals surface area contributed by atoms with Crippen molar-refractivity contribution < 1.29 is 9.15 Å². The number of benzene rings is 1. The van der Waals surface area contributed by atoms with E-state index in [1.165, 1.54) is 19.3 Å². The van der Waals surface area contributed by atoms with Crippen LogP contribution < -0.4 is 4.74 Å². The Morgan fingerprint density at radius 1 is 1.16 bits per heavy atom. The van der Waals surface area contributed by atoms with Gasteiger partial charge in [0.25, 0.3) is 0 Å². The van der Waals surface area contributed by atoms with Gasteiger partial charge in [0.1, 0.15) is 12.0 Å². The molecule has 2 aromatic rings. The van der Waals surface area contributed by atoms with E-state index in [0.717, 1.165) is 54.2 Å². The summed E-state index contributed by atoms with van der Waals surface area (Å²) >= 11 is 5.72. The van der Waals surface area contributed by atoms with E-state index in [9.17, 15) is 0 Å². The summed E-state index contributed by atoms with van der Waals surface area (Å²) in [6.07, 6.45) is 6.56. The van der Waals surface area contributed by atoms with E-state index >= 15 is 0 Å². The Balaban J connectivity index is 1.71. The molecule has 1 saturated heterocycles. The molecule has 5 heteroatoms. The second-order valence-corrected chi connectivity index (χ2v) is 7.19. The van der Waals surface area contributed by atoms with Gasteiger partial charge in [-0.1, -0.05) is 6.42 Å². The van der Waals surface area contributed by atoms with Gasteiger partial charge < -0.3 is 9.15 Å². The molecule has 0 unspecified atom stereocenters. The molecule has 3 rings (SSSR count). The van der Waals surface area contributed by atoms with Crippen LogP contribution in [0.4, 0.5) is 0 Å². The van der Waals surface area contributed by atoms with Crippen molar-refractivity contribution in [2.24, 2.45) is 0 Å². The fourth-order valence-corrected chi connectivity index (χ4v) is 3.50. The molecule has 25 heavy (non-hydrogen) atoms. The van der Waals surface area contributed by atoms with Crippen molar-refractivity contribution >= 4 is 11.6 Å². The smallest absolute Gasteiger partial charge is 0.226 e. The Labute approximate surface area is 155 Å². The van der Waals surface area contributed by atoms with Gasteiger partial charge in [0.15, 0.2) is 0 Å². The first kappa shape index (κ1) is 18.3. The molecular weight excluding hydrogens is 336 g/mol. The molecule has 1 fully saturated rings. The molecule has 0 saturated carbocycles. The Hall–Kier alpha value is -1.52. The molecule has 2 heterocycles. The summed E-state index contributed by atoms with van der Waals surface area (Å²) in [5, 5.41) is 0. The molecule has 0 aliphatic carbocycles. The minimum Gasteiger partial charge on any atom is -0.493 e. The lowest BCUT2D eigenvalue weighted by Crippen LogP contribution is -2.29. The van der Waals surface area contributed by atoms with E-state index in [4.69, 9.17) is 25.7 Å². The minimum absolute atomic E-state index is 0.617. The van der Waals surface area contributed by atoms with Gasteiger partial charge in [-0.05, 0) is 69.5 Å². The van der Waals surface area contributed by atoms with Gasteiger partial charge in [-0.15, -0.1) is 11.6 Å². The molecule has 0 spiro atoms. The molecule has 0 bridgehead atoms. The van der Waals surface area contributed by atoms with Crippen molar-refractivity contribution in [3.05, 3.63) is 35.2 Å². The number of piperidine rings is 1. The molecule has 1 aromatic carbocycles. The highest BCUT2D eigenvalue weighted by Gasteiger charge is 2.15. The highest BCUT2D eigenvalue weighted by atomic mass is 35.5. The average molecular weight is 363 g/mol. The predicted octanol–water partition coefficient (Wildman–Crippen LogP) is 4.95. The minimum atomic E-state index is 0.617. The van der Waals surface area contributed by atoms with Gasteiger partial charge in [0, 0.05) is 18.0 Å². The Kier molecular flexibility index (Phi) is 6.38. The fourth-order valence-electron chi connectivity index (χ4n) is 3.39. The third-order valence-corrected chi connectivity index (χ3v) is 4.88. The molecule has 136 valence electrons. The summed E-state index contributed by atoms with van der Waals surface area (Å²) in [5.41, 5.74) is 4.21. The first-order chi connectivity index (χ1) is 12.2. The molecule has 0 N–H and O–H groups in total. The summed E-state index contributed by atoms with van der Waals surface area (Å²) in [4.78, 5) is 7.15. The second-order valence-electron chi connectivity index (χ2n) is 6.81. The molecule has 4 nitrogen and oxygen atoms in total. The standard InChI is InChI=1S/C20H27ClN2O2/c1-15-11-17(12-16(2)19(15)24-10-6-7-21)20-22-18(14-25-20)13-23-8-4-3-5-9-23/h11-12,14H,3-10,13H2,1-2H3. The monoisotopic (exact) mass is 362 g/mol. The van der Waals surface area contributed by atoms with Gasteiger partial charge in [-0.3, -0.25) is 4.90 Å². The van der Waals surface area contributed by atoms with Gasteiger partial charge in [0.2, 0.25) is 5.89 Å². The zero-order chi connectivity index (χ0) is 17.6. The summed E-state index contributed by atoms with van der Waals surface area (Å²) in [6.45, 7) is 7.96. The van der Waals surface area contributed by atoms with Crippen LogP contribution in [0, 0.1) is 13.8 Å². The third-order valence-electron chi connectivity index (χ3n) is 4.62. The summed E-state index contributed by atoms with van der Waals surface area (Å²) in [5.74, 6) is 2.24. The van der Waals surface area contributed by atoms with Gasteiger partial charge >= 0.3 is 0 Å². The first-order valence-corrected chi connectivity index (χ1v) is 9.68. The molecule has 0 amide bonds. The molecule has 1 aliphatic rings. The number of aromatic nitrogens is 1. The zero-order valence-electron chi connectivity index (χ0n) is 15.2. The summed E-state index contributed by atoms with van der Waals surface area (Å²) < 4.78 is 11.6. The number of nitrogens with zero attached hydrogens (tertiary/aromatic N) is 2. The fraction of sp³-hybridized carbons (Fsp3) is 0.550. The van der Waals surface area contributed by atoms with Gasteiger partial charge in [-0.25, -0.2) is 4.98 Å². The Morgan fingerprint density at radius 3 is 2.56 bits per heavy atom. The lowest BCUT2D eigenvalue weighted by atomic mass is 10.1. The van der Waals surface area contributed by atoms with Gasteiger partial charge in [-0.2, -0.15) is 0 Å². The maximum absolute atomic E-state index is 5.86. The Bertz CT molecular complexity index is 670. The molecule has 0 radical (unpaired) electrons. The van der Waals surface area contributed by atoms with E-state index < -0.39 is 0 Å². The molecule has 1 aromatic heterocycles. The van der Waals surface area contributed by atoms with Crippen molar-refractivity contribution in [3.8, 4) is 17.2 Å². The molecular formula is C20H27ClN2O2. The highest BCUT2D eigenvalue weighted by Crippen LogP contribution is 2.30. The van der Waals surface area contributed by atoms with E-state index in [2.05, 4.69) is 30.9 Å². The van der Waals surface area contributed by atoms with Crippen molar-refractivity contribution in [1.82, 2.24) is 9.88 Å². The number of likely N-dealkylation sites (tertiary alicyclic amines) is 1. The Morgan fingerprint density at radius 2 is 1.88 bits per heavy atom. The SMILES string of the molecule is Cc1cc(-c2nc(CN3CCCCC3)co2)cc(C)c1OCCCCl. The number of aryl methyl sites for hydroxylation is 2. The summed E-state index contributed by atoms with van der Waals surface area (Å²) in [7, 11) is 0. The van der Waals surface area contributed by atoms with Crippen LogP contribution in [-0.4, -0.2) is 35.5 Å². The summed E-state index contributed by atoms with van der Waals surface area (Å²) in [6, 6.07) is 4.17. The third kappa shape index (κ3) is 4.77. The first-order valence-electron chi connectivity index (χ1n) is 9.14. The number of oxazole rings is 1. The van der Waals surface area contributed by atoms with Crippen LogP contribution in [0.5, 0.6) is 5.75 Å². The van der Waals surface area contributed by atoms with Crippen molar-refractivity contribution in [2.75, 3.05) is 25.6 Å². The lowest BCUT2D eigenvalue weighted by Gasteiger charge is -2.25. The van der Waals surface area contributed by atoms with E-state index in [0.29, 0.717) is 18.4 Å². The maximum Gasteiger partial charge on any atom is 0.226 e. The lowest BCUT2D eigenvalue weighted by molar-refractivity contribution is 0.218. The largest absolute Gasteiger partial charge is 0.493 e. The number of alkyl halides is 1. The van der Waals surface area contributed by atoms with Crippen molar-refractivity contribution in [1.29, 1.82) is 0 Å². The maximum atomic E-state index is 5.86. The van der Waals surface area contributed by atoms with Crippen LogP contribution >= 0.6 is 11.6 Å². The van der Waals surface area contributed by atoms with E-state index in [1.807, 2.05) is 0 Å². The highest BCUT2D eigenvalue weighted by molar-refractivity contribution is 6.17. The van der Waals surface area contributed by atoms with E-state index in [1.54, 1.807) is 6.26 Å². The van der Waals surface area contributed by atoms with Crippen molar-refractivity contribution in [3.63, 3.8) is 0 Å². The topological polar surface area (TPSA) is 38.5 Å². The van der Waals surface area contributed by atoms with Crippen LogP contribution in [-0.2, 0) is 6.54 Å². The van der Waals surface area contributed by atoms with Crippen LogP contribution in [0.15, 0.2) is 22.8 Å². The quantitative estimate of drug-likeness (QED) is 0.516. The van der Waals surface area contributed by atoms with E-state index in [-0.39, 0.29) is 0 Å². The average Bonchev–Trinajstić information content (AvgIpc) is 3.06. The normalized spacial score (nSPS) is 15.5. The number of hydrogen-bond donors (Lipinski definition) is 0. The van der Waals surface area contributed by atoms with Gasteiger partial charge in [0.05, 0.1) is 12.3 Å². The zero-order valence-corrected chi connectivity index (χ0v) is 15.9. The number of halogens is 1. The number of rotatable bonds is 7. The molecule has 0 atom stereocenters. The molecule has 1 aliphatic heterocycles. The van der Waals surface area contributed by atoms with Crippen molar-refractivity contribution in [2.45, 2.75) is 46.1 Å². The van der Waals surface area contributed by atoms with Crippen LogP contribution in [0.1, 0.15) is 42.5 Å². The predicted molar refractivity (Wildman–Crippen MR) is 101 cm³/mol. The van der Waals surface area contributed by atoms with Crippen LogP contribution in [0.25, 0.3) is 11.5 Å². The number of hydrogen-bond acceptors (Lipinski definition) is 4. The van der Waals surface area contributed by atoms with Crippen LogP contribution in [0.2, 0.25) is 0 Å². The van der Waals surface area contributed by atoms with Crippen LogP contribution in [0.3, 0.4) is 0 Å². The second kappa shape index (κ2) is 8.72. The number of ether oxygens (including phenoxy) is 1.